The number of carboxylic acids is 6. The molecule has 0 aromatic heterocycles. The number of hydrogen-bond donors (Lipinski definition) is 10. The van der Waals surface area contributed by atoms with Gasteiger partial charge in [0.2, 0.25) is 11.8 Å². The first-order valence-corrected chi connectivity index (χ1v) is 28.3. The van der Waals surface area contributed by atoms with Crippen molar-refractivity contribution in [3.8, 4) is 0 Å². The minimum Gasteiger partial charge on any atom is -0.480 e. The number of aliphatic carboxylic acids is 6. The minimum absolute atomic E-state index is 0.0443. The van der Waals surface area contributed by atoms with Crippen LogP contribution in [0.15, 0.2) is 0 Å². The van der Waals surface area contributed by atoms with Gasteiger partial charge in [0.1, 0.15) is 0 Å². The molecule has 0 unspecified atom stereocenters. The van der Waals surface area contributed by atoms with Gasteiger partial charge in [-0.25, -0.2) is 0 Å². The summed E-state index contributed by atoms with van der Waals surface area (Å²) in [7, 11) is 0. The molecular weight excluding hydrogens is 1460 g/mol. The monoisotopic (exact) mass is 1530 g/mol. The van der Waals surface area contributed by atoms with Crippen molar-refractivity contribution in [2.75, 3.05) is 183 Å². The number of hydrogen-bond acceptors (Lipinski definition) is 18. The van der Waals surface area contributed by atoms with Gasteiger partial charge < -0.3 is 51.9 Å². The zero-order valence-corrected chi connectivity index (χ0v) is 50.3. The number of nitrogens with one attached hydrogen (secondary N) is 4. The van der Waals surface area contributed by atoms with E-state index in [2.05, 4.69) is 21.3 Å². The van der Waals surface area contributed by atoms with E-state index >= 15 is 0 Å². The minimum atomic E-state index is -1.07. The van der Waals surface area contributed by atoms with E-state index in [9.17, 15) is 78.6 Å². The van der Waals surface area contributed by atoms with Crippen LogP contribution in [0.2, 0.25) is 0 Å². The van der Waals surface area contributed by atoms with Crippen LogP contribution in [0.5, 0.6) is 0 Å². The first-order chi connectivity index (χ1) is 35.9. The van der Waals surface area contributed by atoms with Gasteiger partial charge >= 0.3 is 35.8 Å². The first-order valence-electron chi connectivity index (χ1n) is 24.0. The zero-order valence-electron chi connectivity index (χ0n) is 41.7. The Bertz CT molecular complexity index is 1980. The average molecular weight is 1530 g/mol. The fourth-order valence-corrected chi connectivity index (χ4v) is 12.2. The molecule has 0 radical (unpaired) electrons. The molecule has 426 valence electrons. The second kappa shape index (κ2) is 35.2. The Balaban J connectivity index is 1.56. The first kappa shape index (κ1) is 66.8. The number of nitrogens with zero attached hydrogens (tertiary/aromatic N) is 8. The normalized spacial score (nSPS) is 17.4. The van der Waals surface area contributed by atoms with Crippen LogP contribution < -0.4 is 21.3 Å². The molecule has 2 saturated heterocycles. The molecule has 0 aliphatic carbocycles. The van der Waals surface area contributed by atoms with E-state index in [0.717, 1.165) is 0 Å². The topological polar surface area (TPSA) is 366 Å². The fourth-order valence-electron chi connectivity index (χ4n) is 8.05. The predicted molar refractivity (Wildman–Crippen MR) is 305 cm³/mol. The second-order valence-corrected chi connectivity index (χ2v) is 22.1. The molecular formula is C44H66I4N12O16. The highest BCUT2D eigenvalue weighted by atomic mass is 127. The van der Waals surface area contributed by atoms with Crippen molar-refractivity contribution in [1.29, 1.82) is 0 Å². The van der Waals surface area contributed by atoms with E-state index in [-0.39, 0.29) is 195 Å². The van der Waals surface area contributed by atoms with Gasteiger partial charge in [0.15, 0.2) is 0 Å². The smallest absolute Gasteiger partial charge is 0.317 e. The molecule has 0 saturated carbocycles. The van der Waals surface area contributed by atoms with Crippen LogP contribution in [0, 0.1) is 14.3 Å². The summed E-state index contributed by atoms with van der Waals surface area (Å²) < 4.78 is 2.03. The SMILES string of the molecule is O=C(O)CN1CCN(CC(=O)O)CCN(CC(=O)NCCNC(=O)c2c(I)c(I)c(C(=O)NCCNC(=O)CN3CCN(CC(=O)O)CCN(CC(=O)O)CCN(CC(=O)O)CC3)c(I)c2I)CCN(CC(=O)O)CC1. The van der Waals surface area contributed by atoms with E-state index in [1.165, 1.54) is 0 Å². The summed E-state index contributed by atoms with van der Waals surface area (Å²) in [5.74, 6) is -8.06. The van der Waals surface area contributed by atoms with E-state index in [4.69, 9.17) is 0 Å². The van der Waals surface area contributed by atoms with Crippen LogP contribution in [0.4, 0.5) is 0 Å². The molecule has 2 fully saturated rings. The van der Waals surface area contributed by atoms with Crippen molar-refractivity contribution in [3.63, 3.8) is 0 Å². The maximum absolute atomic E-state index is 13.6. The van der Waals surface area contributed by atoms with Crippen molar-refractivity contribution in [1.82, 2.24) is 60.5 Å². The lowest BCUT2D eigenvalue weighted by Gasteiger charge is -2.32. The van der Waals surface area contributed by atoms with E-state index in [0.29, 0.717) is 25.4 Å². The molecule has 0 atom stereocenters. The number of rotatable bonds is 24. The largest absolute Gasteiger partial charge is 0.480 e. The quantitative estimate of drug-likeness (QED) is 0.0276. The Morgan fingerprint density at radius 2 is 0.447 bits per heavy atom. The van der Waals surface area contributed by atoms with Crippen LogP contribution in [0.3, 0.4) is 0 Å². The Kier molecular flexibility index (Phi) is 30.9. The maximum Gasteiger partial charge on any atom is 0.317 e. The van der Waals surface area contributed by atoms with Gasteiger partial charge in [0.25, 0.3) is 11.8 Å². The molecule has 2 aliphatic heterocycles. The molecule has 32 heteroatoms. The lowest BCUT2D eigenvalue weighted by atomic mass is 10.1. The number of carboxylic acid groups (broad SMARTS) is 6. The summed E-state index contributed by atoms with van der Waals surface area (Å²) in [4.78, 5) is 136. The van der Waals surface area contributed by atoms with Crippen molar-refractivity contribution in [2.24, 2.45) is 0 Å². The third-order valence-electron chi connectivity index (χ3n) is 11.9. The highest BCUT2D eigenvalue weighted by Gasteiger charge is 2.28. The van der Waals surface area contributed by atoms with Crippen LogP contribution >= 0.6 is 90.4 Å². The van der Waals surface area contributed by atoms with Crippen LogP contribution in [-0.4, -0.2) is 313 Å². The van der Waals surface area contributed by atoms with Gasteiger partial charge in [0.05, 0.1) is 63.5 Å². The van der Waals surface area contributed by atoms with Gasteiger partial charge in [-0.15, -0.1) is 0 Å². The van der Waals surface area contributed by atoms with E-state index in [1.54, 1.807) is 39.2 Å². The number of benzene rings is 1. The number of carbonyl (C=O) groups is 10. The number of halogens is 4. The Morgan fingerprint density at radius 1 is 0.289 bits per heavy atom. The predicted octanol–water partition coefficient (Wildman–Crippen LogP) is -3.25. The summed E-state index contributed by atoms with van der Waals surface area (Å²) in [5.41, 5.74) is 0.651. The second-order valence-electron chi connectivity index (χ2n) is 17.8. The summed E-state index contributed by atoms with van der Waals surface area (Å²) >= 11 is 7.97. The Hall–Kier alpha value is -3.48. The van der Waals surface area contributed by atoms with Gasteiger partial charge in [-0.3, -0.25) is 87.1 Å². The highest BCUT2D eigenvalue weighted by molar-refractivity contribution is 14.1. The molecule has 1 aromatic carbocycles. The Labute approximate surface area is 493 Å². The molecule has 10 N–H and O–H groups in total. The molecule has 0 bridgehead atoms. The standard InChI is InChI=1S/C44H66I4N12O16/c45-39-37(43(75)51-3-1-49-29(61)21-53-5-9-55(23-31(63)64)13-17-59(27-35(71)72)18-14-56(10-6-53)24-32(65)66)40(46)42(48)38(41(39)47)44(76)52-4-2-50-30(62)22-54-7-11-57(25-33(67)68)15-19-60(28-36(73)74)20-16-58(12-8-54)26-34(69)70/h1-28H2,(H,49,61)(H,50,62)(H,51,75)(H,52,76)(H,63,64)(H,65,66)(H,67,68)(H,69,70)(H,71,72)(H,73,74). The van der Waals surface area contributed by atoms with Gasteiger partial charge in [-0.2, -0.15) is 0 Å². The molecule has 2 heterocycles. The van der Waals surface area contributed by atoms with Crippen molar-refractivity contribution < 1.29 is 78.6 Å². The lowest BCUT2D eigenvalue weighted by Crippen LogP contribution is -2.50. The lowest BCUT2D eigenvalue weighted by molar-refractivity contribution is -0.140. The van der Waals surface area contributed by atoms with E-state index < -0.39 is 47.6 Å². The van der Waals surface area contributed by atoms with Crippen LogP contribution in [0.1, 0.15) is 20.7 Å². The van der Waals surface area contributed by atoms with E-state index in [1.807, 2.05) is 90.4 Å². The third-order valence-corrected chi connectivity index (χ3v) is 18.3. The summed E-state index contributed by atoms with van der Waals surface area (Å²) in [6.07, 6.45) is 0. The highest BCUT2D eigenvalue weighted by Crippen LogP contribution is 2.33. The van der Waals surface area contributed by atoms with Gasteiger partial charge in [-0.1, -0.05) is 0 Å². The average Bonchev–Trinajstić information content (AvgIpc) is 3.32. The molecule has 1 aromatic rings. The number of amides is 4. The third kappa shape index (κ3) is 26.0. The molecule has 3 rings (SSSR count). The summed E-state index contributed by atoms with van der Waals surface area (Å²) in [6.45, 7) is 2.08. The van der Waals surface area contributed by atoms with Crippen LogP contribution in [-0.2, 0) is 38.4 Å². The maximum atomic E-state index is 13.6. The van der Waals surface area contributed by atoms with Gasteiger partial charge in [0, 0.05) is 145 Å². The summed E-state index contributed by atoms with van der Waals surface area (Å²) in [6, 6.07) is 0. The van der Waals surface area contributed by atoms with Crippen molar-refractivity contribution in [3.05, 3.63) is 25.4 Å². The molecule has 28 nitrogen and oxygen atoms in total. The molecule has 0 spiro atoms. The molecule has 76 heavy (non-hydrogen) atoms. The fraction of sp³-hybridized carbons (Fsp3) is 0.636. The molecule has 2 aliphatic rings. The van der Waals surface area contributed by atoms with Crippen molar-refractivity contribution >= 4 is 150 Å². The summed E-state index contributed by atoms with van der Waals surface area (Å²) in [5, 5.41) is 68.0. The molecule has 4 amide bonds. The Morgan fingerprint density at radius 3 is 0.618 bits per heavy atom. The van der Waals surface area contributed by atoms with Crippen LogP contribution in [0.25, 0.3) is 0 Å². The van der Waals surface area contributed by atoms with Gasteiger partial charge in [-0.05, 0) is 90.4 Å². The zero-order chi connectivity index (χ0) is 56.5. The van der Waals surface area contributed by atoms with Crippen molar-refractivity contribution in [2.45, 2.75) is 0 Å². The number of carbonyl (C=O) groups excluding carboxylic acids is 4.